The van der Waals surface area contributed by atoms with Crippen molar-refractivity contribution in [3.63, 3.8) is 0 Å². The quantitative estimate of drug-likeness (QED) is 0.724. The number of nitrogens with zero attached hydrogens (tertiary/aromatic N) is 1. The molecule has 2 N–H and O–H groups in total. The first-order chi connectivity index (χ1) is 6.22. The lowest BCUT2D eigenvalue weighted by Gasteiger charge is -2.15. The number of nitrogens with two attached hydrogens (primary N) is 1. The van der Waals surface area contributed by atoms with E-state index >= 15 is 0 Å². The van der Waals surface area contributed by atoms with Crippen LogP contribution in [0.1, 0.15) is 0 Å². The predicted octanol–water partition coefficient (Wildman–Crippen LogP) is 0.102. The Morgan fingerprint density at radius 3 is 2.29 bits per heavy atom. The van der Waals surface area contributed by atoms with Gasteiger partial charge in [0.15, 0.2) is 6.61 Å². The minimum atomic E-state index is -4.58. The van der Waals surface area contributed by atoms with Crippen LogP contribution in [0.15, 0.2) is 0 Å². The Labute approximate surface area is 77.6 Å². The highest BCUT2D eigenvalue weighted by Gasteiger charge is 2.30. The number of carbonyl (C=O) groups excluding carboxylic acids is 2. The maximum atomic E-state index is 11.6. The van der Waals surface area contributed by atoms with Gasteiger partial charge >= 0.3 is 12.3 Å². The topological polar surface area (TPSA) is 72.6 Å². The van der Waals surface area contributed by atoms with E-state index in [0.717, 1.165) is 7.05 Å². The molecule has 0 aromatic carbocycles. The third kappa shape index (κ3) is 6.09. The number of amides is 2. The number of rotatable bonds is 3. The van der Waals surface area contributed by atoms with Gasteiger partial charge in [-0.1, -0.05) is 0 Å². The first-order valence-electron chi connectivity index (χ1n) is 3.45. The molecule has 0 bridgehead atoms. The fraction of sp³-hybridized carbons (Fsp3) is 0.667. The summed E-state index contributed by atoms with van der Waals surface area (Å²) in [6, 6.07) is 0. The number of hydrogen-bond donors (Lipinski definition) is 1. The van der Waals surface area contributed by atoms with Gasteiger partial charge in [0, 0.05) is 7.05 Å². The Bertz CT molecular complexity index is 229. The Morgan fingerprint density at radius 1 is 1.43 bits per heavy atom. The van der Waals surface area contributed by atoms with Crippen LogP contribution in [0.2, 0.25) is 0 Å². The van der Waals surface area contributed by atoms with E-state index in [4.69, 9.17) is 5.73 Å². The molecule has 82 valence electrons. The molecule has 0 saturated carbocycles. The molecule has 0 rings (SSSR count). The highest BCUT2D eigenvalue weighted by Crippen LogP contribution is 2.14. The Kier molecular flexibility index (Phi) is 4.19. The van der Waals surface area contributed by atoms with Crippen molar-refractivity contribution in [2.24, 2.45) is 5.73 Å². The fourth-order valence-corrected chi connectivity index (χ4v) is 0.552. The molecule has 0 aliphatic heterocycles. The van der Waals surface area contributed by atoms with Crippen LogP contribution in [0.25, 0.3) is 0 Å². The molecular weight excluding hydrogens is 205 g/mol. The van der Waals surface area contributed by atoms with Crippen LogP contribution in [0.5, 0.6) is 0 Å². The number of primary amides is 1. The maximum absolute atomic E-state index is 11.6. The second-order valence-electron chi connectivity index (χ2n) is 2.49. The van der Waals surface area contributed by atoms with E-state index < -0.39 is 31.3 Å². The molecule has 0 radical (unpaired) electrons. The van der Waals surface area contributed by atoms with Crippen molar-refractivity contribution in [2.45, 2.75) is 6.18 Å². The highest BCUT2D eigenvalue weighted by atomic mass is 19.4. The van der Waals surface area contributed by atoms with Crippen LogP contribution < -0.4 is 5.73 Å². The molecule has 5 nitrogen and oxygen atoms in total. The van der Waals surface area contributed by atoms with E-state index in [1.54, 1.807) is 0 Å². The maximum Gasteiger partial charge on any atom is 0.422 e. The van der Waals surface area contributed by atoms with Gasteiger partial charge in [-0.15, -0.1) is 0 Å². The monoisotopic (exact) mass is 214 g/mol. The Hall–Kier alpha value is -1.47. The number of carbonyl (C=O) groups is 2. The molecule has 0 aliphatic rings. The van der Waals surface area contributed by atoms with Gasteiger partial charge < -0.3 is 15.4 Å². The van der Waals surface area contributed by atoms with Crippen molar-refractivity contribution in [1.29, 1.82) is 0 Å². The number of hydrogen-bond acceptors (Lipinski definition) is 3. The van der Waals surface area contributed by atoms with E-state index in [1.165, 1.54) is 0 Å². The number of ether oxygens (including phenoxy) is 1. The first kappa shape index (κ1) is 12.5. The standard InChI is InChI=1S/C6H9F3N2O3/c1-11(2-4(10)12)5(13)14-3-6(7,8)9/h2-3H2,1H3,(H2,10,12). The van der Waals surface area contributed by atoms with E-state index in [-0.39, 0.29) is 0 Å². The summed E-state index contributed by atoms with van der Waals surface area (Å²) in [6.07, 6.45) is -5.83. The third-order valence-corrected chi connectivity index (χ3v) is 1.06. The van der Waals surface area contributed by atoms with E-state index in [2.05, 4.69) is 4.74 Å². The molecule has 0 spiro atoms. The van der Waals surface area contributed by atoms with Gasteiger partial charge in [0.25, 0.3) is 0 Å². The summed E-state index contributed by atoms with van der Waals surface area (Å²) >= 11 is 0. The molecule has 2 amide bonds. The van der Waals surface area contributed by atoms with Gasteiger partial charge in [-0.25, -0.2) is 4.79 Å². The summed E-state index contributed by atoms with van der Waals surface area (Å²) in [6.45, 7) is -2.17. The lowest BCUT2D eigenvalue weighted by molar-refractivity contribution is -0.162. The van der Waals surface area contributed by atoms with Crippen LogP contribution in [-0.2, 0) is 9.53 Å². The van der Waals surface area contributed by atoms with Crippen LogP contribution in [0.4, 0.5) is 18.0 Å². The molecule has 0 unspecified atom stereocenters. The van der Waals surface area contributed by atoms with Gasteiger partial charge in [0.1, 0.15) is 6.54 Å². The first-order valence-corrected chi connectivity index (χ1v) is 3.45. The summed E-state index contributed by atoms with van der Waals surface area (Å²) in [5.74, 6) is -0.837. The van der Waals surface area contributed by atoms with Crippen molar-refractivity contribution in [3.8, 4) is 0 Å². The van der Waals surface area contributed by atoms with Gasteiger partial charge in [-0.05, 0) is 0 Å². The molecule has 0 atom stereocenters. The van der Waals surface area contributed by atoms with Crippen molar-refractivity contribution < 1.29 is 27.5 Å². The SMILES string of the molecule is CN(CC(N)=O)C(=O)OCC(F)(F)F. The molecule has 0 fully saturated rings. The molecule has 0 aliphatic carbocycles. The Balaban J connectivity index is 3.91. The summed E-state index contributed by atoms with van der Waals surface area (Å²) in [7, 11) is 1.10. The van der Waals surface area contributed by atoms with Gasteiger partial charge in [0.2, 0.25) is 5.91 Å². The summed E-state index contributed by atoms with van der Waals surface area (Å²) in [5.41, 5.74) is 4.70. The normalized spacial score (nSPS) is 10.9. The van der Waals surface area contributed by atoms with Crippen molar-refractivity contribution in [2.75, 3.05) is 20.2 Å². The molecule has 14 heavy (non-hydrogen) atoms. The zero-order valence-electron chi connectivity index (χ0n) is 7.30. The fourth-order valence-electron chi connectivity index (χ4n) is 0.552. The van der Waals surface area contributed by atoms with Crippen LogP contribution in [-0.4, -0.2) is 43.3 Å². The lowest BCUT2D eigenvalue weighted by atomic mass is 10.6. The largest absolute Gasteiger partial charge is 0.440 e. The second kappa shape index (κ2) is 4.68. The average molecular weight is 214 g/mol. The van der Waals surface area contributed by atoms with E-state index in [0.29, 0.717) is 4.90 Å². The molecule has 0 aromatic heterocycles. The Morgan fingerprint density at radius 2 is 1.93 bits per heavy atom. The van der Waals surface area contributed by atoms with Gasteiger partial charge in [-0.3, -0.25) is 4.79 Å². The summed E-state index contributed by atoms with van der Waals surface area (Å²) < 4.78 is 38.5. The lowest BCUT2D eigenvalue weighted by Crippen LogP contribution is -2.37. The third-order valence-electron chi connectivity index (χ3n) is 1.06. The van der Waals surface area contributed by atoms with Gasteiger partial charge in [-0.2, -0.15) is 13.2 Å². The summed E-state index contributed by atoms with van der Waals surface area (Å²) in [5, 5.41) is 0. The van der Waals surface area contributed by atoms with Crippen LogP contribution >= 0.6 is 0 Å². The zero-order valence-corrected chi connectivity index (χ0v) is 7.30. The van der Waals surface area contributed by atoms with E-state index in [1.807, 2.05) is 0 Å². The predicted molar refractivity (Wildman–Crippen MR) is 39.2 cm³/mol. The summed E-state index contributed by atoms with van der Waals surface area (Å²) in [4.78, 5) is 21.6. The van der Waals surface area contributed by atoms with Crippen molar-refractivity contribution >= 4 is 12.0 Å². The number of halogens is 3. The number of likely N-dealkylation sites (N-methyl/N-ethyl adjacent to an activating group) is 1. The molecule has 0 heterocycles. The molecular formula is C6H9F3N2O3. The smallest absolute Gasteiger partial charge is 0.422 e. The molecule has 0 saturated heterocycles. The zero-order chi connectivity index (χ0) is 11.4. The molecule has 8 heteroatoms. The minimum Gasteiger partial charge on any atom is -0.440 e. The highest BCUT2D eigenvalue weighted by molar-refractivity contribution is 5.80. The van der Waals surface area contributed by atoms with Crippen molar-refractivity contribution in [3.05, 3.63) is 0 Å². The van der Waals surface area contributed by atoms with Crippen molar-refractivity contribution in [1.82, 2.24) is 4.90 Å². The van der Waals surface area contributed by atoms with E-state index in [9.17, 15) is 22.8 Å². The van der Waals surface area contributed by atoms with Crippen LogP contribution in [0, 0.1) is 0 Å². The van der Waals surface area contributed by atoms with Gasteiger partial charge in [0.05, 0.1) is 0 Å². The average Bonchev–Trinajstić information content (AvgIpc) is 1.97. The van der Waals surface area contributed by atoms with Crippen LogP contribution in [0.3, 0.4) is 0 Å². The number of alkyl halides is 3. The minimum absolute atomic E-state index is 0.489. The molecule has 0 aromatic rings. The second-order valence-corrected chi connectivity index (χ2v) is 2.49.